The molecule has 0 aliphatic carbocycles. The van der Waals surface area contributed by atoms with Crippen LogP contribution in [0.3, 0.4) is 0 Å². The van der Waals surface area contributed by atoms with E-state index in [1.54, 1.807) is 14.2 Å². The van der Waals surface area contributed by atoms with Crippen molar-refractivity contribution in [3.8, 4) is 11.5 Å². The normalized spacial score (nSPS) is 12.0. The van der Waals surface area contributed by atoms with Crippen molar-refractivity contribution in [3.63, 3.8) is 0 Å². The molecule has 0 amide bonds. The van der Waals surface area contributed by atoms with E-state index in [1.807, 2.05) is 48.5 Å². The molecule has 2 aromatic carbocycles. The van der Waals surface area contributed by atoms with Crippen LogP contribution < -0.4 is 14.8 Å². The minimum atomic E-state index is -0.411. The standard InChI is InChI=1S/C18H23NO3/c1-21-17-9-8-15(18(11-17)22-2)12-19-13-16(20)10-14-6-4-3-5-7-14/h3-9,11,16,19-20H,10,12-13H2,1-2H3. The molecule has 4 nitrogen and oxygen atoms in total. The van der Waals surface area contributed by atoms with E-state index in [2.05, 4.69) is 5.32 Å². The van der Waals surface area contributed by atoms with Crippen molar-refractivity contribution in [2.45, 2.75) is 19.1 Å². The summed E-state index contributed by atoms with van der Waals surface area (Å²) in [5.41, 5.74) is 2.18. The monoisotopic (exact) mass is 301 g/mol. The summed E-state index contributed by atoms with van der Waals surface area (Å²) in [6.07, 6.45) is 0.236. The van der Waals surface area contributed by atoms with Crippen LogP contribution in [0.4, 0.5) is 0 Å². The number of nitrogens with one attached hydrogen (secondary N) is 1. The zero-order valence-electron chi connectivity index (χ0n) is 13.1. The lowest BCUT2D eigenvalue weighted by Crippen LogP contribution is -2.28. The van der Waals surface area contributed by atoms with Crippen LogP contribution >= 0.6 is 0 Å². The number of benzene rings is 2. The maximum atomic E-state index is 10.1. The number of hydrogen-bond acceptors (Lipinski definition) is 4. The molecule has 2 rings (SSSR count). The molecule has 0 saturated carbocycles. The van der Waals surface area contributed by atoms with Crippen LogP contribution in [0.25, 0.3) is 0 Å². The average Bonchev–Trinajstić information content (AvgIpc) is 2.56. The highest BCUT2D eigenvalue weighted by atomic mass is 16.5. The summed E-state index contributed by atoms with van der Waals surface area (Å²) in [6.45, 7) is 1.17. The van der Waals surface area contributed by atoms with Crippen LogP contribution in [-0.2, 0) is 13.0 Å². The van der Waals surface area contributed by atoms with E-state index in [4.69, 9.17) is 9.47 Å². The Balaban J connectivity index is 1.83. The van der Waals surface area contributed by atoms with Crippen molar-refractivity contribution in [2.24, 2.45) is 0 Å². The van der Waals surface area contributed by atoms with E-state index >= 15 is 0 Å². The van der Waals surface area contributed by atoms with Crippen molar-refractivity contribution in [2.75, 3.05) is 20.8 Å². The largest absolute Gasteiger partial charge is 0.497 e. The first kappa shape index (κ1) is 16.3. The molecule has 0 aliphatic heterocycles. The lowest BCUT2D eigenvalue weighted by atomic mass is 10.1. The van der Waals surface area contributed by atoms with Gasteiger partial charge in [-0.15, -0.1) is 0 Å². The fourth-order valence-corrected chi connectivity index (χ4v) is 2.33. The maximum absolute atomic E-state index is 10.1. The first-order valence-corrected chi connectivity index (χ1v) is 7.36. The van der Waals surface area contributed by atoms with E-state index in [-0.39, 0.29) is 0 Å². The molecule has 0 fully saturated rings. The Bertz CT molecular complexity index is 572. The third-order valence-electron chi connectivity index (χ3n) is 3.50. The molecule has 0 heterocycles. The number of aliphatic hydroxyl groups is 1. The summed E-state index contributed by atoms with van der Waals surface area (Å²) < 4.78 is 10.5. The van der Waals surface area contributed by atoms with Gasteiger partial charge in [0.1, 0.15) is 11.5 Å². The molecule has 118 valence electrons. The van der Waals surface area contributed by atoms with Crippen molar-refractivity contribution in [3.05, 3.63) is 59.7 Å². The highest BCUT2D eigenvalue weighted by molar-refractivity contribution is 5.40. The fraction of sp³-hybridized carbons (Fsp3) is 0.333. The molecule has 2 aromatic rings. The van der Waals surface area contributed by atoms with Gasteiger partial charge in [-0.05, 0) is 18.1 Å². The van der Waals surface area contributed by atoms with Gasteiger partial charge >= 0.3 is 0 Å². The SMILES string of the molecule is COc1ccc(CNCC(O)Cc2ccccc2)c(OC)c1. The second kappa shape index (κ2) is 8.41. The van der Waals surface area contributed by atoms with Gasteiger partial charge in [0.25, 0.3) is 0 Å². The Hall–Kier alpha value is -2.04. The lowest BCUT2D eigenvalue weighted by Gasteiger charge is -2.14. The van der Waals surface area contributed by atoms with Crippen LogP contribution in [0.2, 0.25) is 0 Å². The molecule has 4 heteroatoms. The van der Waals surface area contributed by atoms with Gasteiger partial charge in [-0.1, -0.05) is 36.4 Å². The molecule has 0 aliphatic rings. The highest BCUT2D eigenvalue weighted by Crippen LogP contribution is 2.24. The van der Waals surface area contributed by atoms with Crippen LogP contribution in [0.5, 0.6) is 11.5 Å². The van der Waals surface area contributed by atoms with Gasteiger partial charge in [0.05, 0.1) is 20.3 Å². The lowest BCUT2D eigenvalue weighted by molar-refractivity contribution is 0.171. The van der Waals surface area contributed by atoms with Gasteiger partial charge in [-0.2, -0.15) is 0 Å². The molecular formula is C18H23NO3. The third kappa shape index (κ3) is 4.76. The van der Waals surface area contributed by atoms with Gasteiger partial charge < -0.3 is 19.9 Å². The second-order valence-electron chi connectivity index (χ2n) is 5.15. The molecule has 0 spiro atoms. The van der Waals surface area contributed by atoms with Gasteiger partial charge in [-0.25, -0.2) is 0 Å². The molecular weight excluding hydrogens is 278 g/mol. The number of hydrogen-bond donors (Lipinski definition) is 2. The smallest absolute Gasteiger partial charge is 0.127 e. The number of aliphatic hydroxyl groups excluding tert-OH is 1. The van der Waals surface area contributed by atoms with Crippen molar-refractivity contribution in [1.29, 1.82) is 0 Å². The first-order chi connectivity index (χ1) is 10.7. The van der Waals surface area contributed by atoms with E-state index in [0.717, 1.165) is 22.6 Å². The molecule has 0 aromatic heterocycles. The number of methoxy groups -OCH3 is 2. The van der Waals surface area contributed by atoms with E-state index < -0.39 is 6.10 Å². The van der Waals surface area contributed by atoms with Gasteiger partial charge in [-0.3, -0.25) is 0 Å². The van der Waals surface area contributed by atoms with Gasteiger partial charge in [0, 0.05) is 24.7 Å². The summed E-state index contributed by atoms with van der Waals surface area (Å²) in [5.74, 6) is 1.55. The van der Waals surface area contributed by atoms with Crippen LogP contribution in [0, 0.1) is 0 Å². The predicted molar refractivity (Wildman–Crippen MR) is 87.4 cm³/mol. The Kier molecular flexibility index (Phi) is 6.25. The second-order valence-corrected chi connectivity index (χ2v) is 5.15. The van der Waals surface area contributed by atoms with Gasteiger partial charge in [0.15, 0.2) is 0 Å². The van der Waals surface area contributed by atoms with E-state index in [1.165, 1.54) is 0 Å². The number of ether oxygens (including phenoxy) is 2. The molecule has 22 heavy (non-hydrogen) atoms. The Morgan fingerprint density at radius 2 is 1.82 bits per heavy atom. The zero-order chi connectivity index (χ0) is 15.8. The minimum absolute atomic E-state index is 0.411. The van der Waals surface area contributed by atoms with E-state index in [0.29, 0.717) is 19.5 Å². The first-order valence-electron chi connectivity index (χ1n) is 7.36. The van der Waals surface area contributed by atoms with Gasteiger partial charge in [0.2, 0.25) is 0 Å². The van der Waals surface area contributed by atoms with E-state index in [9.17, 15) is 5.11 Å². The quantitative estimate of drug-likeness (QED) is 0.786. The Labute approximate surface area is 131 Å². The molecule has 0 saturated heterocycles. The van der Waals surface area contributed by atoms with Crippen LogP contribution in [0.15, 0.2) is 48.5 Å². The topological polar surface area (TPSA) is 50.7 Å². The molecule has 0 radical (unpaired) electrons. The van der Waals surface area contributed by atoms with Crippen LogP contribution in [0.1, 0.15) is 11.1 Å². The fourth-order valence-electron chi connectivity index (χ4n) is 2.33. The Morgan fingerprint density at radius 1 is 1.05 bits per heavy atom. The number of rotatable bonds is 8. The average molecular weight is 301 g/mol. The summed E-state index contributed by atoms with van der Waals surface area (Å²) in [5, 5.41) is 13.3. The van der Waals surface area contributed by atoms with Crippen molar-refractivity contribution >= 4 is 0 Å². The summed E-state index contributed by atoms with van der Waals surface area (Å²) in [4.78, 5) is 0. The summed E-state index contributed by atoms with van der Waals surface area (Å²) in [7, 11) is 3.27. The minimum Gasteiger partial charge on any atom is -0.497 e. The summed E-state index contributed by atoms with van der Waals surface area (Å²) in [6, 6.07) is 15.7. The van der Waals surface area contributed by atoms with Crippen molar-refractivity contribution in [1.82, 2.24) is 5.32 Å². The maximum Gasteiger partial charge on any atom is 0.127 e. The zero-order valence-corrected chi connectivity index (χ0v) is 13.1. The summed E-state index contributed by atoms with van der Waals surface area (Å²) >= 11 is 0. The Morgan fingerprint density at radius 3 is 2.50 bits per heavy atom. The molecule has 2 N–H and O–H groups in total. The molecule has 1 unspecified atom stereocenters. The van der Waals surface area contributed by atoms with Crippen LogP contribution in [-0.4, -0.2) is 32.0 Å². The molecule has 1 atom stereocenters. The molecule has 0 bridgehead atoms. The van der Waals surface area contributed by atoms with Crippen molar-refractivity contribution < 1.29 is 14.6 Å². The predicted octanol–water partition coefficient (Wildman–Crippen LogP) is 2.40. The highest BCUT2D eigenvalue weighted by Gasteiger charge is 2.08. The third-order valence-corrected chi connectivity index (χ3v) is 3.50.